The Morgan fingerprint density at radius 3 is 3.05 bits per heavy atom. The van der Waals surface area contributed by atoms with Crippen LogP contribution in [0.1, 0.15) is 6.92 Å². The minimum Gasteiger partial charge on any atom is -0.461 e. The first kappa shape index (κ1) is 15.5. The third-order valence-corrected chi connectivity index (χ3v) is 4.50. The van der Waals surface area contributed by atoms with E-state index in [0.717, 1.165) is 20.2 Å². The van der Waals surface area contributed by atoms with Gasteiger partial charge < -0.3 is 10.1 Å². The van der Waals surface area contributed by atoms with Gasteiger partial charge in [-0.2, -0.15) is 0 Å². The molecule has 0 radical (unpaired) electrons. The fraction of sp³-hybridized carbons (Fsp3) is 0.214. The van der Waals surface area contributed by atoms with Crippen molar-refractivity contribution in [3.8, 4) is 0 Å². The van der Waals surface area contributed by atoms with Crippen molar-refractivity contribution in [3.63, 3.8) is 0 Å². The van der Waals surface area contributed by atoms with Gasteiger partial charge in [-0.3, -0.25) is 9.59 Å². The molecule has 0 bridgehead atoms. The molecule has 7 heteroatoms. The average Bonchev–Trinajstić information content (AvgIpc) is 2.84. The number of aromatic nitrogens is 1. The van der Waals surface area contributed by atoms with Crippen LogP contribution < -0.4 is 5.32 Å². The minimum absolute atomic E-state index is 0.113. The van der Waals surface area contributed by atoms with E-state index in [9.17, 15) is 9.59 Å². The summed E-state index contributed by atoms with van der Waals surface area (Å²) >= 11 is 2.81. The summed E-state index contributed by atoms with van der Waals surface area (Å²) in [5.41, 5.74) is 1.58. The van der Waals surface area contributed by atoms with Crippen LogP contribution in [0.5, 0.6) is 0 Å². The van der Waals surface area contributed by atoms with Gasteiger partial charge in [-0.15, -0.1) is 11.3 Å². The number of thioether (sulfide) groups is 1. The number of esters is 1. The predicted octanol–water partition coefficient (Wildman–Crippen LogP) is 3.08. The zero-order valence-corrected chi connectivity index (χ0v) is 13.1. The highest BCUT2D eigenvalue weighted by molar-refractivity contribution is 8.01. The third-order valence-electron chi connectivity index (χ3n) is 2.36. The minimum atomic E-state index is -0.293. The molecule has 110 valence electrons. The summed E-state index contributed by atoms with van der Waals surface area (Å²) in [4.78, 5) is 26.9. The molecule has 0 atom stereocenters. The molecule has 2 aromatic rings. The van der Waals surface area contributed by atoms with Gasteiger partial charge >= 0.3 is 5.97 Å². The van der Waals surface area contributed by atoms with Crippen molar-refractivity contribution in [2.24, 2.45) is 0 Å². The number of nitrogens with zero attached hydrogens (tertiary/aromatic N) is 1. The Morgan fingerprint density at radius 2 is 2.33 bits per heavy atom. The number of fused-ring (bicyclic) bond motifs is 1. The van der Waals surface area contributed by atoms with Crippen molar-refractivity contribution in [2.45, 2.75) is 11.3 Å². The number of amides is 1. The van der Waals surface area contributed by atoms with Gasteiger partial charge in [0.1, 0.15) is 6.61 Å². The number of anilines is 1. The second-order valence-electron chi connectivity index (χ2n) is 4.10. The molecule has 0 aliphatic rings. The molecule has 1 amide bonds. The zero-order chi connectivity index (χ0) is 15.2. The van der Waals surface area contributed by atoms with Gasteiger partial charge in [0.05, 0.1) is 16.0 Å². The number of hydrogen-bond acceptors (Lipinski definition) is 6. The van der Waals surface area contributed by atoms with Crippen LogP contribution in [0.4, 0.5) is 5.69 Å². The van der Waals surface area contributed by atoms with E-state index in [2.05, 4.69) is 16.9 Å². The molecule has 1 heterocycles. The lowest BCUT2D eigenvalue weighted by Gasteiger charge is -1.99. The molecule has 0 aliphatic carbocycles. The van der Waals surface area contributed by atoms with Crippen LogP contribution in [0.3, 0.4) is 0 Å². The van der Waals surface area contributed by atoms with Crippen LogP contribution >= 0.6 is 23.1 Å². The molecule has 0 aliphatic heterocycles. The Balaban J connectivity index is 2.03. The van der Waals surface area contributed by atoms with Crippen LogP contribution in [0.15, 0.2) is 35.2 Å². The molecule has 1 N–H and O–H groups in total. The molecule has 2 rings (SSSR count). The van der Waals surface area contributed by atoms with Gasteiger partial charge in [0.2, 0.25) is 5.91 Å². The van der Waals surface area contributed by atoms with Crippen LogP contribution in [0, 0.1) is 0 Å². The van der Waals surface area contributed by atoms with E-state index in [4.69, 9.17) is 4.74 Å². The molecule has 21 heavy (non-hydrogen) atoms. The molecule has 0 spiro atoms. The van der Waals surface area contributed by atoms with Gasteiger partial charge in [-0.1, -0.05) is 24.4 Å². The number of hydrogen-bond donors (Lipinski definition) is 1. The molecular weight excluding hydrogens is 308 g/mol. The van der Waals surface area contributed by atoms with E-state index in [1.54, 1.807) is 6.07 Å². The summed E-state index contributed by atoms with van der Waals surface area (Å²) < 4.78 is 6.65. The van der Waals surface area contributed by atoms with Gasteiger partial charge in [-0.25, -0.2) is 4.98 Å². The molecule has 5 nitrogen and oxygen atoms in total. The smallest absolute Gasteiger partial charge is 0.316 e. The first-order valence-corrected chi connectivity index (χ1v) is 7.96. The Labute approximate surface area is 130 Å². The fourth-order valence-electron chi connectivity index (χ4n) is 1.56. The van der Waals surface area contributed by atoms with E-state index >= 15 is 0 Å². The second kappa shape index (κ2) is 7.24. The van der Waals surface area contributed by atoms with Crippen molar-refractivity contribution < 1.29 is 14.3 Å². The maximum atomic E-state index is 11.4. The highest BCUT2D eigenvalue weighted by Crippen LogP contribution is 2.31. The summed E-state index contributed by atoms with van der Waals surface area (Å²) in [5, 5.41) is 2.73. The van der Waals surface area contributed by atoms with E-state index in [1.807, 2.05) is 12.1 Å². The van der Waals surface area contributed by atoms with Crippen molar-refractivity contribution >= 4 is 50.9 Å². The summed E-state index contributed by atoms with van der Waals surface area (Å²) in [7, 11) is 0. The molecule has 1 aromatic heterocycles. The average molecular weight is 322 g/mol. The van der Waals surface area contributed by atoms with Crippen molar-refractivity contribution in [1.82, 2.24) is 4.98 Å². The number of carbonyl (C=O) groups excluding carboxylic acids is 2. The second-order valence-corrected chi connectivity index (χ2v) is 6.36. The number of benzene rings is 1. The van der Waals surface area contributed by atoms with Crippen molar-refractivity contribution in [2.75, 3.05) is 17.7 Å². The topological polar surface area (TPSA) is 68.3 Å². The van der Waals surface area contributed by atoms with Crippen molar-refractivity contribution in [1.29, 1.82) is 0 Å². The maximum absolute atomic E-state index is 11.4. The molecule has 1 aromatic carbocycles. The highest BCUT2D eigenvalue weighted by atomic mass is 32.2. The van der Waals surface area contributed by atoms with Gasteiger partial charge in [0, 0.05) is 12.6 Å². The molecule has 0 unspecified atom stereocenters. The monoisotopic (exact) mass is 322 g/mol. The Kier molecular flexibility index (Phi) is 5.35. The third kappa shape index (κ3) is 4.57. The van der Waals surface area contributed by atoms with Crippen LogP contribution in [-0.4, -0.2) is 29.2 Å². The lowest BCUT2D eigenvalue weighted by molar-refractivity contribution is -0.139. The summed E-state index contributed by atoms with van der Waals surface area (Å²) in [6, 6.07) is 5.52. The predicted molar refractivity (Wildman–Crippen MR) is 85.8 cm³/mol. The largest absolute Gasteiger partial charge is 0.461 e. The summed E-state index contributed by atoms with van der Waals surface area (Å²) in [6.45, 7) is 5.17. The van der Waals surface area contributed by atoms with Crippen LogP contribution in [-0.2, 0) is 14.3 Å². The van der Waals surface area contributed by atoms with E-state index < -0.39 is 0 Å². The SMILES string of the molecule is C=CCOC(=O)CSc1nc2ccc(NC(C)=O)cc2s1. The summed E-state index contributed by atoms with van der Waals surface area (Å²) in [6.07, 6.45) is 1.53. The normalized spacial score (nSPS) is 10.3. The summed E-state index contributed by atoms with van der Waals surface area (Å²) in [5.74, 6) is -0.192. The number of nitrogens with one attached hydrogen (secondary N) is 1. The number of thiazole rings is 1. The van der Waals surface area contributed by atoms with Gasteiger partial charge in [0.25, 0.3) is 0 Å². The standard InChI is InChI=1S/C14H14N2O3S2/c1-3-6-19-13(18)8-20-14-16-11-5-4-10(15-9(2)17)7-12(11)21-14/h3-5,7H,1,6,8H2,2H3,(H,15,17). The molecule has 0 saturated carbocycles. The molecule has 0 fully saturated rings. The first-order chi connectivity index (χ1) is 10.1. The highest BCUT2D eigenvalue weighted by Gasteiger charge is 2.09. The first-order valence-electron chi connectivity index (χ1n) is 6.16. The van der Waals surface area contributed by atoms with E-state index in [-0.39, 0.29) is 24.2 Å². The van der Waals surface area contributed by atoms with E-state index in [0.29, 0.717) is 0 Å². The molecular formula is C14H14N2O3S2. The quantitative estimate of drug-likeness (QED) is 0.503. The van der Waals surface area contributed by atoms with Gasteiger partial charge in [-0.05, 0) is 18.2 Å². The number of rotatable bonds is 6. The maximum Gasteiger partial charge on any atom is 0.316 e. The van der Waals surface area contributed by atoms with Crippen LogP contribution in [0.25, 0.3) is 10.2 Å². The molecule has 0 saturated heterocycles. The van der Waals surface area contributed by atoms with Crippen LogP contribution in [0.2, 0.25) is 0 Å². The Morgan fingerprint density at radius 1 is 1.52 bits per heavy atom. The Hall–Kier alpha value is -1.86. The lowest BCUT2D eigenvalue weighted by atomic mass is 10.3. The Bertz CT molecular complexity index is 682. The number of carbonyl (C=O) groups is 2. The number of ether oxygens (including phenoxy) is 1. The van der Waals surface area contributed by atoms with Crippen molar-refractivity contribution in [3.05, 3.63) is 30.9 Å². The lowest BCUT2D eigenvalue weighted by Crippen LogP contribution is -2.06. The van der Waals surface area contributed by atoms with E-state index in [1.165, 1.54) is 36.1 Å². The zero-order valence-electron chi connectivity index (χ0n) is 11.4. The van der Waals surface area contributed by atoms with Gasteiger partial charge in [0.15, 0.2) is 4.34 Å². The fourth-order valence-corrected chi connectivity index (χ4v) is 3.47.